The maximum atomic E-state index is 5.88. The fourth-order valence-electron chi connectivity index (χ4n) is 3.04. The molecule has 0 unspecified atom stereocenters. The van der Waals surface area contributed by atoms with Crippen LogP contribution in [0.3, 0.4) is 0 Å². The minimum absolute atomic E-state index is 0.552. The molecule has 2 aromatic carbocycles. The zero-order valence-corrected chi connectivity index (χ0v) is 17.0. The van der Waals surface area contributed by atoms with Crippen molar-refractivity contribution in [3.63, 3.8) is 0 Å². The third-order valence-electron chi connectivity index (χ3n) is 4.56. The van der Waals surface area contributed by atoms with Crippen molar-refractivity contribution in [2.75, 3.05) is 49.4 Å². The molecule has 1 aliphatic heterocycles. The summed E-state index contributed by atoms with van der Waals surface area (Å²) in [5.74, 6) is 1.21. The molecule has 1 aromatic heterocycles. The summed E-state index contributed by atoms with van der Waals surface area (Å²) in [6.07, 6.45) is 1.74. The molecule has 0 saturated carbocycles. The average molecular weight is 410 g/mol. The second kappa shape index (κ2) is 9.02. The zero-order valence-electron chi connectivity index (χ0n) is 16.2. The molecule has 3 N–H and O–H groups in total. The Kier molecular flexibility index (Phi) is 6.02. The molecule has 1 aliphatic rings. The molecule has 7 nitrogen and oxygen atoms in total. The predicted molar refractivity (Wildman–Crippen MR) is 116 cm³/mol. The van der Waals surface area contributed by atoms with Gasteiger partial charge in [0, 0.05) is 35.6 Å². The molecule has 8 heteroatoms. The number of rotatable bonds is 6. The van der Waals surface area contributed by atoms with Crippen LogP contribution >= 0.6 is 11.8 Å². The van der Waals surface area contributed by atoms with E-state index >= 15 is 0 Å². The third kappa shape index (κ3) is 4.90. The first-order chi connectivity index (χ1) is 14.2. The lowest BCUT2D eigenvalue weighted by atomic mass is 10.2. The molecule has 3 aromatic rings. The normalized spacial score (nSPS) is 13.9. The van der Waals surface area contributed by atoms with Crippen LogP contribution in [0.1, 0.15) is 0 Å². The van der Waals surface area contributed by atoms with Gasteiger partial charge in [0.2, 0.25) is 5.95 Å². The number of nitrogens with zero attached hydrogens (tertiary/aromatic N) is 3. The van der Waals surface area contributed by atoms with Gasteiger partial charge in [-0.25, -0.2) is 9.97 Å². The number of methoxy groups -OCH3 is 1. The molecule has 150 valence electrons. The summed E-state index contributed by atoms with van der Waals surface area (Å²) in [6, 6.07) is 15.8. The zero-order chi connectivity index (χ0) is 20.1. The Morgan fingerprint density at radius 2 is 1.90 bits per heavy atom. The first-order valence-electron chi connectivity index (χ1n) is 9.35. The lowest BCUT2D eigenvalue weighted by Crippen LogP contribution is -2.36. The largest absolute Gasteiger partial charge is 0.495 e. The van der Waals surface area contributed by atoms with Crippen LogP contribution in [0, 0.1) is 0 Å². The van der Waals surface area contributed by atoms with E-state index in [2.05, 4.69) is 32.3 Å². The fraction of sp³-hybridized carbons (Fsp3) is 0.238. The summed E-state index contributed by atoms with van der Waals surface area (Å²) < 4.78 is 10.7. The molecular formula is C21H23N5O2S. The summed E-state index contributed by atoms with van der Waals surface area (Å²) >= 11 is 1.53. The van der Waals surface area contributed by atoms with Crippen molar-refractivity contribution in [3.8, 4) is 5.75 Å². The first kappa shape index (κ1) is 19.4. The number of nitrogen functional groups attached to an aromatic ring is 1. The van der Waals surface area contributed by atoms with Gasteiger partial charge in [-0.2, -0.15) is 0 Å². The van der Waals surface area contributed by atoms with Crippen molar-refractivity contribution in [1.29, 1.82) is 0 Å². The highest BCUT2D eigenvalue weighted by molar-refractivity contribution is 7.99. The highest BCUT2D eigenvalue weighted by Crippen LogP contribution is 2.32. The minimum Gasteiger partial charge on any atom is -0.495 e. The van der Waals surface area contributed by atoms with Gasteiger partial charge in [0.25, 0.3) is 0 Å². The molecule has 0 spiro atoms. The van der Waals surface area contributed by atoms with Crippen LogP contribution in [-0.4, -0.2) is 43.4 Å². The van der Waals surface area contributed by atoms with E-state index in [4.69, 9.17) is 15.2 Å². The highest BCUT2D eigenvalue weighted by atomic mass is 32.2. The summed E-state index contributed by atoms with van der Waals surface area (Å²) in [5, 5.41) is 4.10. The number of nitrogens with one attached hydrogen (secondary N) is 1. The van der Waals surface area contributed by atoms with E-state index in [0.717, 1.165) is 41.9 Å². The second-order valence-electron chi connectivity index (χ2n) is 6.50. The Labute approximate surface area is 174 Å². The van der Waals surface area contributed by atoms with Crippen molar-refractivity contribution in [3.05, 3.63) is 54.7 Å². The molecule has 0 aliphatic carbocycles. The SMILES string of the molecule is COc1cc(Sc2ccnc(Nc3ccc(N4CCOCC4)cc3)n2)ccc1N. The van der Waals surface area contributed by atoms with Crippen LogP contribution in [0.15, 0.2) is 64.6 Å². The number of nitrogens with two attached hydrogens (primary N) is 1. The van der Waals surface area contributed by atoms with E-state index in [1.54, 1.807) is 13.3 Å². The number of morpholine rings is 1. The molecule has 0 atom stereocenters. The Hall–Kier alpha value is -2.97. The van der Waals surface area contributed by atoms with Gasteiger partial charge in [0.05, 0.1) is 26.0 Å². The van der Waals surface area contributed by atoms with Gasteiger partial charge in [0.1, 0.15) is 10.8 Å². The van der Waals surface area contributed by atoms with E-state index in [1.165, 1.54) is 17.4 Å². The number of ether oxygens (including phenoxy) is 2. The van der Waals surface area contributed by atoms with Gasteiger partial charge in [0.15, 0.2) is 0 Å². The molecule has 0 amide bonds. The number of anilines is 4. The molecular weight excluding hydrogens is 386 g/mol. The van der Waals surface area contributed by atoms with E-state index in [-0.39, 0.29) is 0 Å². The summed E-state index contributed by atoms with van der Waals surface area (Å²) in [7, 11) is 1.61. The Morgan fingerprint density at radius 3 is 2.66 bits per heavy atom. The van der Waals surface area contributed by atoms with Crippen LogP contribution in [0.5, 0.6) is 5.75 Å². The Bertz CT molecular complexity index is 962. The molecule has 1 saturated heterocycles. The Balaban J connectivity index is 1.43. The number of benzene rings is 2. The van der Waals surface area contributed by atoms with Gasteiger partial charge in [-0.3, -0.25) is 0 Å². The number of hydrogen-bond donors (Lipinski definition) is 2. The maximum absolute atomic E-state index is 5.88. The highest BCUT2D eigenvalue weighted by Gasteiger charge is 2.11. The summed E-state index contributed by atoms with van der Waals surface area (Å²) in [5.41, 5.74) is 8.63. The van der Waals surface area contributed by atoms with Crippen LogP contribution in [-0.2, 0) is 4.74 Å². The fourth-order valence-corrected chi connectivity index (χ4v) is 3.85. The lowest BCUT2D eigenvalue weighted by Gasteiger charge is -2.28. The summed E-state index contributed by atoms with van der Waals surface area (Å²) in [6.45, 7) is 3.40. The molecule has 1 fully saturated rings. The van der Waals surface area contributed by atoms with Crippen molar-refractivity contribution in [2.24, 2.45) is 0 Å². The average Bonchev–Trinajstić information content (AvgIpc) is 2.76. The van der Waals surface area contributed by atoms with E-state index in [9.17, 15) is 0 Å². The van der Waals surface area contributed by atoms with Crippen LogP contribution in [0.2, 0.25) is 0 Å². The van der Waals surface area contributed by atoms with E-state index in [1.807, 2.05) is 36.4 Å². The molecule has 2 heterocycles. The second-order valence-corrected chi connectivity index (χ2v) is 7.59. The van der Waals surface area contributed by atoms with Crippen LogP contribution < -0.4 is 20.7 Å². The standard InChI is InChI=1S/C21H23N5O2S/c1-27-19-14-17(6-7-18(19)22)29-20-8-9-23-21(25-20)24-15-2-4-16(5-3-15)26-10-12-28-13-11-26/h2-9,14H,10-13,22H2,1H3,(H,23,24,25). The number of aromatic nitrogens is 2. The molecule has 29 heavy (non-hydrogen) atoms. The Morgan fingerprint density at radius 1 is 1.10 bits per heavy atom. The van der Waals surface area contributed by atoms with E-state index in [0.29, 0.717) is 17.4 Å². The molecule has 4 rings (SSSR count). The van der Waals surface area contributed by atoms with Gasteiger partial charge >= 0.3 is 0 Å². The van der Waals surface area contributed by atoms with Gasteiger partial charge in [-0.1, -0.05) is 11.8 Å². The monoisotopic (exact) mass is 409 g/mol. The predicted octanol–water partition coefficient (Wildman–Crippen LogP) is 3.80. The van der Waals surface area contributed by atoms with Crippen LogP contribution in [0.25, 0.3) is 0 Å². The smallest absolute Gasteiger partial charge is 0.228 e. The van der Waals surface area contributed by atoms with Crippen molar-refractivity contribution in [1.82, 2.24) is 9.97 Å². The minimum atomic E-state index is 0.552. The van der Waals surface area contributed by atoms with Crippen molar-refractivity contribution >= 4 is 34.8 Å². The van der Waals surface area contributed by atoms with Crippen molar-refractivity contribution in [2.45, 2.75) is 9.92 Å². The lowest BCUT2D eigenvalue weighted by molar-refractivity contribution is 0.122. The third-order valence-corrected chi connectivity index (χ3v) is 5.48. The molecule has 0 radical (unpaired) electrons. The quantitative estimate of drug-likeness (QED) is 0.470. The van der Waals surface area contributed by atoms with Gasteiger partial charge < -0.3 is 25.4 Å². The topological polar surface area (TPSA) is 85.5 Å². The van der Waals surface area contributed by atoms with Gasteiger partial charge in [-0.05, 0) is 48.5 Å². The maximum Gasteiger partial charge on any atom is 0.228 e. The first-order valence-corrected chi connectivity index (χ1v) is 10.2. The van der Waals surface area contributed by atoms with Crippen molar-refractivity contribution < 1.29 is 9.47 Å². The van der Waals surface area contributed by atoms with E-state index < -0.39 is 0 Å². The molecule has 0 bridgehead atoms. The van der Waals surface area contributed by atoms with Crippen LogP contribution in [0.4, 0.5) is 23.0 Å². The summed E-state index contributed by atoms with van der Waals surface area (Å²) in [4.78, 5) is 12.2. The number of hydrogen-bond acceptors (Lipinski definition) is 8. The van der Waals surface area contributed by atoms with Gasteiger partial charge in [-0.15, -0.1) is 0 Å².